The van der Waals surface area contributed by atoms with Gasteiger partial charge >= 0.3 is 5.97 Å². The van der Waals surface area contributed by atoms with Gasteiger partial charge in [-0.25, -0.2) is 0 Å². The third-order valence-electron chi connectivity index (χ3n) is 2.80. The number of ketones is 1. The zero-order valence-electron chi connectivity index (χ0n) is 10.1. The third kappa shape index (κ3) is 2.51. The van der Waals surface area contributed by atoms with E-state index in [-0.39, 0.29) is 18.9 Å². The number of hydrogen-bond donors (Lipinski definition) is 0. The van der Waals surface area contributed by atoms with Gasteiger partial charge in [-0.1, -0.05) is 0 Å². The Bertz CT molecular complexity index is 376. The predicted octanol–water partition coefficient (Wildman–Crippen LogP) is -0.240. The molecule has 6 nitrogen and oxygen atoms in total. The second-order valence-corrected chi connectivity index (χ2v) is 3.94. The monoisotopic (exact) mass is 241 g/mol. The average Bonchev–Trinajstić information content (AvgIpc) is 2.47. The molecular weight excluding hydrogens is 226 g/mol. The van der Waals surface area contributed by atoms with Crippen molar-refractivity contribution >= 4 is 23.6 Å². The van der Waals surface area contributed by atoms with E-state index in [1.165, 1.54) is 14.0 Å². The summed E-state index contributed by atoms with van der Waals surface area (Å²) in [6, 6.07) is 0. The second-order valence-electron chi connectivity index (χ2n) is 3.94. The lowest BCUT2D eigenvalue weighted by molar-refractivity contribution is -0.156. The lowest BCUT2D eigenvalue weighted by Crippen LogP contribution is -2.36. The molecule has 2 atom stereocenters. The van der Waals surface area contributed by atoms with Crippen molar-refractivity contribution < 1.29 is 23.9 Å². The van der Waals surface area contributed by atoms with Crippen LogP contribution in [0.4, 0.5) is 0 Å². The molecule has 94 valence electrons. The summed E-state index contributed by atoms with van der Waals surface area (Å²) in [5.41, 5.74) is 0. The summed E-state index contributed by atoms with van der Waals surface area (Å²) < 4.78 is 4.75. The molecule has 6 heteroatoms. The molecule has 0 bridgehead atoms. The highest BCUT2D eigenvalue weighted by molar-refractivity contribution is 6.09. The first-order valence-electron chi connectivity index (χ1n) is 5.37. The molecule has 1 aliphatic heterocycles. The molecule has 1 aliphatic rings. The fraction of sp³-hybridized carbons (Fsp3) is 0.636. The lowest BCUT2D eigenvalue weighted by Gasteiger charge is -2.17. The van der Waals surface area contributed by atoms with Gasteiger partial charge in [0.2, 0.25) is 11.8 Å². The van der Waals surface area contributed by atoms with Gasteiger partial charge in [0, 0.05) is 13.5 Å². The van der Waals surface area contributed by atoms with Gasteiger partial charge in [0.15, 0.2) is 0 Å². The van der Waals surface area contributed by atoms with Crippen LogP contribution in [0.5, 0.6) is 0 Å². The lowest BCUT2D eigenvalue weighted by atomic mass is 9.88. The van der Waals surface area contributed by atoms with E-state index in [1.54, 1.807) is 6.92 Å². The fourth-order valence-corrected chi connectivity index (χ4v) is 1.89. The molecule has 2 amide bonds. The summed E-state index contributed by atoms with van der Waals surface area (Å²) in [6.07, 6.45) is -0.113. The topological polar surface area (TPSA) is 80.8 Å². The Balaban J connectivity index is 2.93. The van der Waals surface area contributed by atoms with Crippen molar-refractivity contribution in [1.29, 1.82) is 0 Å². The van der Waals surface area contributed by atoms with E-state index in [1.807, 2.05) is 0 Å². The molecule has 1 rings (SSSR count). The van der Waals surface area contributed by atoms with Crippen molar-refractivity contribution in [3.8, 4) is 0 Å². The summed E-state index contributed by atoms with van der Waals surface area (Å²) in [4.78, 5) is 47.0. The molecular formula is C11H15NO5. The minimum Gasteiger partial charge on any atom is -0.465 e. The van der Waals surface area contributed by atoms with Crippen LogP contribution in [0.3, 0.4) is 0 Å². The van der Waals surface area contributed by atoms with E-state index in [9.17, 15) is 19.2 Å². The summed E-state index contributed by atoms with van der Waals surface area (Å²) in [5, 5.41) is 0. The van der Waals surface area contributed by atoms with Crippen molar-refractivity contribution in [3.63, 3.8) is 0 Å². The summed E-state index contributed by atoms with van der Waals surface area (Å²) in [5.74, 6) is -4.15. The number of carbonyl (C=O) groups excluding carboxylic acids is 4. The maximum atomic E-state index is 11.7. The number of likely N-dealkylation sites (tertiary alicyclic amines) is 1. The summed E-state index contributed by atoms with van der Waals surface area (Å²) in [6.45, 7) is 2.97. The zero-order chi connectivity index (χ0) is 13.2. The van der Waals surface area contributed by atoms with E-state index in [2.05, 4.69) is 0 Å². The van der Waals surface area contributed by atoms with Gasteiger partial charge in [0.05, 0.1) is 12.5 Å². The van der Waals surface area contributed by atoms with Crippen LogP contribution in [0, 0.1) is 11.8 Å². The van der Waals surface area contributed by atoms with Crippen LogP contribution in [0.2, 0.25) is 0 Å². The van der Waals surface area contributed by atoms with Gasteiger partial charge in [-0.15, -0.1) is 0 Å². The van der Waals surface area contributed by atoms with Crippen LogP contribution < -0.4 is 0 Å². The molecule has 0 spiro atoms. The molecule has 0 aromatic heterocycles. The quantitative estimate of drug-likeness (QED) is 0.385. The van der Waals surface area contributed by atoms with Crippen LogP contribution in [-0.2, 0) is 23.9 Å². The minimum absolute atomic E-state index is 0.113. The Morgan fingerprint density at radius 3 is 2.41 bits per heavy atom. The summed E-state index contributed by atoms with van der Waals surface area (Å²) in [7, 11) is 1.34. The van der Waals surface area contributed by atoms with Crippen LogP contribution >= 0.6 is 0 Å². The van der Waals surface area contributed by atoms with E-state index in [4.69, 9.17) is 4.74 Å². The predicted molar refractivity (Wildman–Crippen MR) is 56.7 cm³/mol. The molecule has 1 saturated heterocycles. The fourth-order valence-electron chi connectivity index (χ4n) is 1.89. The van der Waals surface area contributed by atoms with Gasteiger partial charge in [-0.2, -0.15) is 0 Å². The van der Waals surface area contributed by atoms with Crippen molar-refractivity contribution in [1.82, 2.24) is 4.90 Å². The maximum absolute atomic E-state index is 11.7. The van der Waals surface area contributed by atoms with E-state index < -0.39 is 29.5 Å². The van der Waals surface area contributed by atoms with E-state index in [0.29, 0.717) is 0 Å². The number of ether oxygens (including phenoxy) is 1. The molecule has 0 N–H and O–H groups in total. The number of hydrogen-bond acceptors (Lipinski definition) is 5. The Morgan fingerprint density at radius 2 is 2.06 bits per heavy atom. The highest BCUT2D eigenvalue weighted by atomic mass is 16.5. The minimum atomic E-state index is -1.17. The second kappa shape index (κ2) is 5.07. The first kappa shape index (κ1) is 13.3. The molecule has 0 saturated carbocycles. The van der Waals surface area contributed by atoms with Crippen molar-refractivity contribution in [3.05, 3.63) is 0 Å². The molecule has 0 aliphatic carbocycles. The molecule has 0 aromatic rings. The number of Topliss-reactive ketones (excluding diaryl/α,β-unsaturated/α-hetero) is 1. The normalized spacial score (nSPS) is 21.6. The van der Waals surface area contributed by atoms with Crippen molar-refractivity contribution in [2.75, 3.05) is 13.7 Å². The van der Waals surface area contributed by atoms with Gasteiger partial charge < -0.3 is 4.74 Å². The van der Waals surface area contributed by atoms with Crippen LogP contribution in [0.15, 0.2) is 0 Å². The molecule has 17 heavy (non-hydrogen) atoms. The standard InChI is InChI=1S/C11H15NO5/c1-4-17-11(16)9(6(2)13)7-5-8(14)12(3)10(7)15/h7,9H,4-5H2,1-3H3/t7-,9?/m1/s1. The van der Waals surface area contributed by atoms with Crippen molar-refractivity contribution in [2.45, 2.75) is 20.3 Å². The highest BCUT2D eigenvalue weighted by Crippen LogP contribution is 2.27. The highest BCUT2D eigenvalue weighted by Gasteiger charge is 2.46. The van der Waals surface area contributed by atoms with Crippen molar-refractivity contribution in [2.24, 2.45) is 11.8 Å². The number of carbonyl (C=O) groups is 4. The molecule has 0 radical (unpaired) electrons. The van der Waals surface area contributed by atoms with Gasteiger partial charge in [0.1, 0.15) is 11.7 Å². The van der Waals surface area contributed by atoms with E-state index in [0.717, 1.165) is 4.90 Å². The largest absolute Gasteiger partial charge is 0.465 e. The van der Waals surface area contributed by atoms with Crippen LogP contribution in [0.25, 0.3) is 0 Å². The molecule has 1 unspecified atom stereocenters. The Kier molecular flexibility index (Phi) is 3.98. The van der Waals surface area contributed by atoms with Crippen LogP contribution in [-0.4, -0.2) is 42.1 Å². The van der Waals surface area contributed by atoms with Gasteiger partial charge in [-0.05, 0) is 13.8 Å². The number of amides is 2. The SMILES string of the molecule is CCOC(=O)C(C(C)=O)[C@H]1CC(=O)N(C)C1=O. The smallest absolute Gasteiger partial charge is 0.317 e. The first-order valence-corrected chi connectivity index (χ1v) is 5.37. The Hall–Kier alpha value is -1.72. The Morgan fingerprint density at radius 1 is 1.47 bits per heavy atom. The van der Waals surface area contributed by atoms with Gasteiger partial charge in [0.25, 0.3) is 0 Å². The Labute approximate surface area is 98.9 Å². The number of esters is 1. The first-order chi connectivity index (χ1) is 7.90. The molecule has 1 fully saturated rings. The molecule has 1 heterocycles. The molecule has 0 aromatic carbocycles. The average molecular weight is 241 g/mol. The third-order valence-corrected chi connectivity index (χ3v) is 2.80. The van der Waals surface area contributed by atoms with E-state index >= 15 is 0 Å². The number of rotatable bonds is 4. The zero-order valence-corrected chi connectivity index (χ0v) is 10.1. The number of nitrogens with zero attached hydrogens (tertiary/aromatic N) is 1. The summed E-state index contributed by atoms with van der Waals surface area (Å²) >= 11 is 0. The number of imide groups is 1. The van der Waals surface area contributed by atoms with Crippen LogP contribution in [0.1, 0.15) is 20.3 Å². The maximum Gasteiger partial charge on any atom is 0.317 e. The van der Waals surface area contributed by atoms with Gasteiger partial charge in [-0.3, -0.25) is 24.1 Å².